The predicted molar refractivity (Wildman–Crippen MR) is 35.5 cm³/mol. The summed E-state index contributed by atoms with van der Waals surface area (Å²) in [4.78, 5) is 20.5. The number of hydrogen-bond acceptors (Lipinski definition) is 6. The first-order chi connectivity index (χ1) is 5.68. The zero-order valence-corrected chi connectivity index (χ0v) is 6.81. The van der Waals surface area contributed by atoms with E-state index in [9.17, 15) is 19.8 Å². The molecule has 0 aromatic heterocycles. The number of hydrogen-bond donors (Lipinski definition) is 2. The first-order valence-corrected chi connectivity index (χ1v) is 3.23. The highest BCUT2D eigenvalue weighted by atomic mass is 16.5. The molecule has 0 bridgehead atoms. The summed E-state index contributed by atoms with van der Waals surface area (Å²) in [5.74, 6) is -8.67. The van der Waals surface area contributed by atoms with E-state index in [2.05, 4.69) is 6.58 Å². The molecule has 6 nitrogen and oxygen atoms in total. The molecule has 2 N–H and O–H groups in total. The van der Waals surface area contributed by atoms with Crippen LogP contribution in [0.4, 0.5) is 0 Å². The Bertz CT molecular complexity index is 248. The number of carbonyl (C=O) groups excluding carboxylic acids is 2. The third-order valence-electron chi connectivity index (χ3n) is 1.39. The first-order valence-electron chi connectivity index (χ1n) is 3.23. The maximum Gasteiger partial charge on any atom is 0.171 e. The van der Waals surface area contributed by atoms with E-state index in [4.69, 9.17) is 10.2 Å². The van der Waals surface area contributed by atoms with E-state index in [1.54, 1.807) is 0 Å². The van der Waals surface area contributed by atoms with Crippen LogP contribution in [0, 0.1) is 5.92 Å². The van der Waals surface area contributed by atoms with Crippen molar-refractivity contribution in [1.82, 2.24) is 0 Å². The Hall–Kier alpha value is -1.40. The summed E-state index contributed by atoms with van der Waals surface area (Å²) in [6.07, 6.45) is 0. The molecule has 0 heterocycles. The van der Waals surface area contributed by atoms with Gasteiger partial charge in [0.25, 0.3) is 0 Å². The fourth-order valence-corrected chi connectivity index (χ4v) is 0.813. The molecule has 0 amide bonds. The Morgan fingerprint density at radius 1 is 1.38 bits per heavy atom. The van der Waals surface area contributed by atoms with Crippen LogP contribution in [-0.2, 0) is 9.59 Å². The molecule has 0 fully saturated rings. The van der Waals surface area contributed by atoms with Gasteiger partial charge in [-0.2, -0.15) is 0 Å². The fourth-order valence-electron chi connectivity index (χ4n) is 0.813. The average Bonchev–Trinajstić information content (AvgIpc) is 1.82. The molecule has 0 aliphatic rings. The molecular formula is C7H8O6-2. The lowest BCUT2D eigenvalue weighted by atomic mass is 9.92. The lowest BCUT2D eigenvalue weighted by Crippen LogP contribution is -2.49. The lowest BCUT2D eigenvalue weighted by Gasteiger charge is -2.30. The standard InChI is InChI=1S/C7H10O6/c1-3(5(8)9)4(6(10)11)7(2,12)13/h4,12-13H,1H2,2H3,(H,8,9)(H,10,11)/p-2. The van der Waals surface area contributed by atoms with Gasteiger partial charge < -0.3 is 30.0 Å². The molecule has 0 aromatic carbocycles. The Balaban J connectivity index is 4.95. The highest BCUT2D eigenvalue weighted by Gasteiger charge is 2.33. The minimum atomic E-state index is -2.74. The van der Waals surface area contributed by atoms with Gasteiger partial charge >= 0.3 is 0 Å². The van der Waals surface area contributed by atoms with Gasteiger partial charge in [-0.25, -0.2) is 0 Å². The summed E-state index contributed by atoms with van der Waals surface area (Å²) in [7, 11) is 0. The van der Waals surface area contributed by atoms with Gasteiger partial charge in [-0.1, -0.05) is 6.58 Å². The Morgan fingerprint density at radius 2 is 1.77 bits per heavy atom. The molecular weight excluding hydrogens is 180 g/mol. The number of rotatable bonds is 4. The van der Waals surface area contributed by atoms with Crippen molar-refractivity contribution >= 4 is 11.9 Å². The number of carbonyl (C=O) groups is 2. The van der Waals surface area contributed by atoms with E-state index >= 15 is 0 Å². The molecule has 0 aliphatic carbocycles. The molecule has 0 spiro atoms. The molecule has 0 rings (SSSR count). The van der Waals surface area contributed by atoms with Gasteiger partial charge in [-0.3, -0.25) is 0 Å². The van der Waals surface area contributed by atoms with Gasteiger partial charge in [0.15, 0.2) is 5.79 Å². The van der Waals surface area contributed by atoms with Crippen LogP contribution in [0.2, 0.25) is 0 Å². The maximum absolute atomic E-state index is 10.3. The smallest absolute Gasteiger partial charge is 0.171 e. The minimum absolute atomic E-state index is 0.710. The van der Waals surface area contributed by atoms with E-state index in [1.807, 2.05) is 0 Å². The van der Waals surface area contributed by atoms with Gasteiger partial charge in [-0.05, 0) is 12.5 Å². The van der Waals surface area contributed by atoms with Gasteiger partial charge in [-0.15, -0.1) is 0 Å². The minimum Gasteiger partial charge on any atom is -0.549 e. The Kier molecular flexibility index (Phi) is 3.16. The topological polar surface area (TPSA) is 121 Å². The second-order valence-corrected chi connectivity index (χ2v) is 2.66. The highest BCUT2D eigenvalue weighted by Crippen LogP contribution is 2.20. The van der Waals surface area contributed by atoms with Crippen molar-refractivity contribution < 1.29 is 30.0 Å². The third-order valence-corrected chi connectivity index (χ3v) is 1.39. The summed E-state index contributed by atoms with van der Waals surface area (Å²) in [5, 5.41) is 38.2. The van der Waals surface area contributed by atoms with Crippen molar-refractivity contribution in [2.24, 2.45) is 5.92 Å². The van der Waals surface area contributed by atoms with Crippen LogP contribution in [0.5, 0.6) is 0 Å². The van der Waals surface area contributed by atoms with Crippen LogP contribution < -0.4 is 10.2 Å². The summed E-state index contributed by atoms with van der Waals surface area (Å²) in [6, 6.07) is 0. The molecule has 6 heteroatoms. The van der Waals surface area contributed by atoms with Crippen molar-refractivity contribution in [3.8, 4) is 0 Å². The normalized spacial score (nSPS) is 13.5. The fraction of sp³-hybridized carbons (Fsp3) is 0.429. The monoisotopic (exact) mass is 188 g/mol. The van der Waals surface area contributed by atoms with Crippen LogP contribution >= 0.6 is 0 Å². The molecule has 1 atom stereocenters. The second kappa shape index (κ2) is 3.55. The zero-order valence-electron chi connectivity index (χ0n) is 6.81. The molecule has 1 unspecified atom stereocenters. The average molecular weight is 188 g/mol. The molecule has 0 saturated heterocycles. The van der Waals surface area contributed by atoms with Crippen LogP contribution in [0.3, 0.4) is 0 Å². The molecule has 0 radical (unpaired) electrons. The lowest BCUT2D eigenvalue weighted by molar-refractivity contribution is -0.327. The molecule has 0 aromatic rings. The quantitative estimate of drug-likeness (QED) is 0.346. The van der Waals surface area contributed by atoms with Crippen LogP contribution in [0.15, 0.2) is 12.2 Å². The van der Waals surface area contributed by atoms with Crippen molar-refractivity contribution in [3.63, 3.8) is 0 Å². The van der Waals surface area contributed by atoms with Crippen LogP contribution in [0.1, 0.15) is 6.92 Å². The zero-order chi connectivity index (χ0) is 10.8. The molecule has 13 heavy (non-hydrogen) atoms. The van der Waals surface area contributed by atoms with E-state index in [0.29, 0.717) is 6.92 Å². The highest BCUT2D eigenvalue weighted by molar-refractivity contribution is 5.91. The van der Waals surface area contributed by atoms with Crippen molar-refractivity contribution in [1.29, 1.82) is 0 Å². The second-order valence-electron chi connectivity index (χ2n) is 2.66. The first kappa shape index (κ1) is 11.6. The van der Waals surface area contributed by atoms with E-state index in [-0.39, 0.29) is 0 Å². The van der Waals surface area contributed by atoms with E-state index in [0.717, 1.165) is 0 Å². The van der Waals surface area contributed by atoms with E-state index < -0.39 is 29.2 Å². The molecule has 0 saturated carbocycles. The Labute approximate surface area is 73.7 Å². The van der Waals surface area contributed by atoms with Crippen molar-refractivity contribution in [2.75, 3.05) is 0 Å². The summed E-state index contributed by atoms with van der Waals surface area (Å²) >= 11 is 0. The van der Waals surface area contributed by atoms with Gasteiger partial charge in [0.1, 0.15) is 0 Å². The van der Waals surface area contributed by atoms with Crippen molar-refractivity contribution in [2.45, 2.75) is 12.7 Å². The van der Waals surface area contributed by atoms with Gasteiger partial charge in [0.05, 0.1) is 17.9 Å². The van der Waals surface area contributed by atoms with Gasteiger partial charge in [0, 0.05) is 0 Å². The molecule has 0 aliphatic heterocycles. The number of carboxylic acids is 2. The number of carboxylic acid groups (broad SMARTS) is 2. The number of aliphatic carboxylic acids is 2. The third kappa shape index (κ3) is 2.85. The van der Waals surface area contributed by atoms with E-state index in [1.165, 1.54) is 0 Å². The van der Waals surface area contributed by atoms with Crippen LogP contribution in [0.25, 0.3) is 0 Å². The Morgan fingerprint density at radius 3 is 1.85 bits per heavy atom. The number of aliphatic hydroxyl groups is 2. The maximum atomic E-state index is 10.3. The summed E-state index contributed by atoms with van der Waals surface area (Å²) in [6.45, 7) is 3.55. The predicted octanol–water partition coefficient (Wildman–Crippen LogP) is -3.64. The largest absolute Gasteiger partial charge is 0.549 e. The van der Waals surface area contributed by atoms with Crippen molar-refractivity contribution in [3.05, 3.63) is 12.2 Å². The summed E-state index contributed by atoms with van der Waals surface area (Å²) < 4.78 is 0. The molecule has 74 valence electrons. The van der Waals surface area contributed by atoms with Gasteiger partial charge in [0.2, 0.25) is 0 Å². The SMILES string of the molecule is C=C(C(=O)[O-])C(C(=O)[O-])C(C)(O)O. The summed E-state index contributed by atoms with van der Waals surface area (Å²) in [5.41, 5.74) is -0.951. The van der Waals surface area contributed by atoms with Crippen LogP contribution in [-0.4, -0.2) is 27.9 Å².